The molecule has 0 spiro atoms. The van der Waals surface area contributed by atoms with Crippen molar-refractivity contribution in [2.45, 2.75) is 6.92 Å². The first-order valence-electron chi connectivity index (χ1n) is 4.51. The van der Waals surface area contributed by atoms with E-state index in [0.29, 0.717) is 0 Å². The molecule has 2 rings (SSSR count). The number of hydrogen-bond donors (Lipinski definition) is 1. The molecular weight excluding hydrogens is 162 g/mol. The van der Waals surface area contributed by atoms with Crippen LogP contribution in [0, 0.1) is 0 Å². The second kappa shape index (κ2) is 3.58. The third-order valence-electron chi connectivity index (χ3n) is 2.09. The maximum Gasteiger partial charge on any atom is 0.144 e. The van der Waals surface area contributed by atoms with E-state index in [1.807, 2.05) is 18.2 Å². The monoisotopic (exact) mass is 175 g/mol. The van der Waals surface area contributed by atoms with Gasteiger partial charge in [-0.05, 0) is 0 Å². The van der Waals surface area contributed by atoms with Crippen LogP contribution in [0.25, 0.3) is 0 Å². The molecule has 1 aliphatic rings. The van der Waals surface area contributed by atoms with Gasteiger partial charge in [0.05, 0.1) is 0 Å². The number of rotatable bonds is 2. The van der Waals surface area contributed by atoms with Gasteiger partial charge in [-0.2, -0.15) is 0 Å². The van der Waals surface area contributed by atoms with E-state index in [2.05, 4.69) is 34.5 Å². The van der Waals surface area contributed by atoms with Gasteiger partial charge < -0.3 is 5.43 Å². The standard InChI is InChI=1S/C10H13N3/c1-2-13-8-11-10(12-13)9-6-4-3-5-7-9/h3-7H,2,8H2,1H3,(H,11,12). The molecule has 0 saturated heterocycles. The molecule has 1 aromatic carbocycles. The number of aliphatic imine (C=N–C) groups is 1. The van der Waals surface area contributed by atoms with Crippen molar-refractivity contribution >= 4 is 5.84 Å². The minimum absolute atomic E-state index is 0.751. The van der Waals surface area contributed by atoms with Crippen LogP contribution in [0.15, 0.2) is 35.3 Å². The van der Waals surface area contributed by atoms with Gasteiger partial charge in [-0.15, -0.1) is 0 Å². The fourth-order valence-electron chi connectivity index (χ4n) is 1.31. The van der Waals surface area contributed by atoms with Crippen molar-refractivity contribution in [2.75, 3.05) is 13.2 Å². The average Bonchev–Trinajstić information content (AvgIpc) is 2.67. The molecule has 68 valence electrons. The molecule has 1 heterocycles. The summed E-state index contributed by atoms with van der Waals surface area (Å²) in [6.07, 6.45) is 0. The van der Waals surface area contributed by atoms with Crippen molar-refractivity contribution in [2.24, 2.45) is 4.99 Å². The highest BCUT2D eigenvalue weighted by molar-refractivity contribution is 5.99. The maximum absolute atomic E-state index is 4.39. The zero-order valence-electron chi connectivity index (χ0n) is 7.70. The van der Waals surface area contributed by atoms with Crippen LogP contribution in [0.5, 0.6) is 0 Å². The summed E-state index contributed by atoms with van der Waals surface area (Å²) in [5, 5.41) is 2.07. The Kier molecular flexibility index (Phi) is 2.27. The summed E-state index contributed by atoms with van der Waals surface area (Å²) >= 11 is 0. The quantitative estimate of drug-likeness (QED) is 0.732. The van der Waals surface area contributed by atoms with Crippen LogP contribution >= 0.6 is 0 Å². The van der Waals surface area contributed by atoms with Crippen LogP contribution in [-0.2, 0) is 0 Å². The molecule has 0 atom stereocenters. The zero-order chi connectivity index (χ0) is 9.10. The van der Waals surface area contributed by atoms with Gasteiger partial charge in [0.1, 0.15) is 12.5 Å². The van der Waals surface area contributed by atoms with Crippen LogP contribution in [-0.4, -0.2) is 24.1 Å². The largest absolute Gasteiger partial charge is 0.301 e. The molecule has 0 unspecified atom stereocenters. The minimum Gasteiger partial charge on any atom is -0.301 e. The molecule has 3 heteroatoms. The van der Waals surface area contributed by atoms with Crippen molar-refractivity contribution in [3.63, 3.8) is 0 Å². The van der Waals surface area contributed by atoms with Crippen molar-refractivity contribution in [1.29, 1.82) is 0 Å². The highest BCUT2D eigenvalue weighted by Crippen LogP contribution is 2.04. The van der Waals surface area contributed by atoms with E-state index >= 15 is 0 Å². The number of benzene rings is 1. The molecule has 0 saturated carbocycles. The fourth-order valence-corrected chi connectivity index (χ4v) is 1.31. The molecule has 1 aromatic rings. The minimum atomic E-state index is 0.751. The molecule has 3 nitrogen and oxygen atoms in total. The lowest BCUT2D eigenvalue weighted by molar-refractivity contribution is 0.281. The summed E-state index contributed by atoms with van der Waals surface area (Å²) in [6.45, 7) is 3.83. The molecule has 0 aromatic heterocycles. The molecule has 0 aliphatic carbocycles. The van der Waals surface area contributed by atoms with Gasteiger partial charge in [-0.25, -0.2) is 10.0 Å². The van der Waals surface area contributed by atoms with Gasteiger partial charge in [0.15, 0.2) is 0 Å². The molecule has 1 N–H and O–H groups in total. The van der Waals surface area contributed by atoms with Gasteiger partial charge in [-0.3, -0.25) is 0 Å². The molecule has 0 fully saturated rings. The summed E-state index contributed by atoms with van der Waals surface area (Å²) in [7, 11) is 0. The highest BCUT2D eigenvalue weighted by atomic mass is 15.6. The van der Waals surface area contributed by atoms with Gasteiger partial charge >= 0.3 is 0 Å². The van der Waals surface area contributed by atoms with Gasteiger partial charge in [0.25, 0.3) is 0 Å². The molecule has 1 aliphatic heterocycles. The average molecular weight is 175 g/mol. The van der Waals surface area contributed by atoms with Gasteiger partial charge in [0, 0.05) is 12.1 Å². The number of hydrogen-bond acceptors (Lipinski definition) is 3. The lowest BCUT2D eigenvalue weighted by Gasteiger charge is -2.12. The fraction of sp³-hybridized carbons (Fsp3) is 0.300. The zero-order valence-corrected chi connectivity index (χ0v) is 7.70. The van der Waals surface area contributed by atoms with Crippen LogP contribution in [0.1, 0.15) is 12.5 Å². The van der Waals surface area contributed by atoms with E-state index in [-0.39, 0.29) is 0 Å². The number of nitrogens with zero attached hydrogens (tertiary/aromatic N) is 2. The Hall–Kier alpha value is -1.35. The molecule has 0 bridgehead atoms. The Bertz CT molecular complexity index is 305. The van der Waals surface area contributed by atoms with E-state index in [9.17, 15) is 0 Å². The van der Waals surface area contributed by atoms with E-state index in [4.69, 9.17) is 0 Å². The van der Waals surface area contributed by atoms with Gasteiger partial charge in [-0.1, -0.05) is 37.3 Å². The Morgan fingerprint density at radius 2 is 2.15 bits per heavy atom. The SMILES string of the molecule is CCN1CN=C(c2ccccc2)N1. The van der Waals surface area contributed by atoms with Crippen molar-refractivity contribution in [1.82, 2.24) is 10.4 Å². The van der Waals surface area contributed by atoms with Crippen LogP contribution in [0.4, 0.5) is 0 Å². The summed E-state index contributed by atoms with van der Waals surface area (Å²) in [5.74, 6) is 0.974. The highest BCUT2D eigenvalue weighted by Gasteiger charge is 2.12. The van der Waals surface area contributed by atoms with Crippen molar-refractivity contribution in [3.05, 3.63) is 35.9 Å². The molecule has 0 radical (unpaired) electrons. The number of hydrazine groups is 1. The van der Waals surface area contributed by atoms with Crippen LogP contribution < -0.4 is 5.43 Å². The smallest absolute Gasteiger partial charge is 0.144 e. The predicted octanol–water partition coefficient (Wildman–Crippen LogP) is 1.23. The van der Waals surface area contributed by atoms with Crippen molar-refractivity contribution in [3.8, 4) is 0 Å². The third kappa shape index (κ3) is 1.70. The van der Waals surface area contributed by atoms with E-state index in [1.54, 1.807) is 0 Å². The second-order valence-electron chi connectivity index (χ2n) is 2.98. The number of nitrogens with one attached hydrogen (secondary N) is 1. The van der Waals surface area contributed by atoms with E-state index in [1.165, 1.54) is 0 Å². The maximum atomic E-state index is 4.39. The first kappa shape index (κ1) is 8.26. The van der Waals surface area contributed by atoms with E-state index < -0.39 is 0 Å². The summed E-state index contributed by atoms with van der Waals surface area (Å²) in [5.41, 5.74) is 4.39. The third-order valence-corrected chi connectivity index (χ3v) is 2.09. The van der Waals surface area contributed by atoms with E-state index in [0.717, 1.165) is 24.6 Å². The lowest BCUT2D eigenvalue weighted by Crippen LogP contribution is -2.35. The first-order valence-corrected chi connectivity index (χ1v) is 4.51. The molecule has 0 amide bonds. The second-order valence-corrected chi connectivity index (χ2v) is 2.98. The predicted molar refractivity (Wildman–Crippen MR) is 53.4 cm³/mol. The molecular formula is C10H13N3. The summed E-state index contributed by atoms with van der Waals surface area (Å²) in [4.78, 5) is 4.39. The number of amidine groups is 1. The van der Waals surface area contributed by atoms with Crippen LogP contribution in [0.3, 0.4) is 0 Å². The lowest BCUT2D eigenvalue weighted by atomic mass is 10.2. The molecule has 13 heavy (non-hydrogen) atoms. The Labute approximate surface area is 78.1 Å². The topological polar surface area (TPSA) is 27.6 Å². The van der Waals surface area contributed by atoms with Crippen molar-refractivity contribution < 1.29 is 0 Å². The summed E-state index contributed by atoms with van der Waals surface area (Å²) in [6, 6.07) is 10.2. The Balaban J connectivity index is 2.12. The first-order chi connectivity index (χ1) is 6.40. The normalized spacial score (nSPS) is 16.8. The Morgan fingerprint density at radius 3 is 2.77 bits per heavy atom. The summed E-state index contributed by atoms with van der Waals surface area (Å²) < 4.78 is 0. The van der Waals surface area contributed by atoms with Crippen LogP contribution in [0.2, 0.25) is 0 Å². The van der Waals surface area contributed by atoms with Gasteiger partial charge in [0.2, 0.25) is 0 Å². The Morgan fingerprint density at radius 1 is 1.38 bits per heavy atom.